The molecule has 3 fully saturated rings. The van der Waals surface area contributed by atoms with Gasteiger partial charge in [-0.1, -0.05) is 6.42 Å². The number of hydrogen-bond acceptors (Lipinski definition) is 6. The van der Waals surface area contributed by atoms with Crippen LogP contribution in [0.3, 0.4) is 0 Å². The second-order valence-corrected chi connectivity index (χ2v) is 10.1. The highest BCUT2D eigenvalue weighted by Crippen LogP contribution is 2.36. The van der Waals surface area contributed by atoms with Crippen LogP contribution in [0.2, 0.25) is 0 Å². The molecule has 9 nitrogen and oxygen atoms in total. The molecular formula is C20H29N3O6S. The Labute approximate surface area is 176 Å². The van der Waals surface area contributed by atoms with Gasteiger partial charge in [0.2, 0.25) is 0 Å². The van der Waals surface area contributed by atoms with Gasteiger partial charge < -0.3 is 14.1 Å². The van der Waals surface area contributed by atoms with E-state index in [2.05, 4.69) is 0 Å². The average Bonchev–Trinajstić information content (AvgIpc) is 2.93. The molecule has 10 heteroatoms. The quantitative estimate of drug-likeness (QED) is 0.692. The number of nitrogens with zero attached hydrogens (tertiary/aromatic N) is 3. The van der Waals surface area contributed by atoms with E-state index in [1.807, 2.05) is 6.07 Å². The van der Waals surface area contributed by atoms with Crippen LogP contribution >= 0.6 is 0 Å². The van der Waals surface area contributed by atoms with E-state index in [1.54, 1.807) is 11.8 Å². The third-order valence-corrected chi connectivity index (χ3v) is 8.29. The zero-order chi connectivity index (χ0) is 21.3. The summed E-state index contributed by atoms with van der Waals surface area (Å²) >= 11 is 0. The van der Waals surface area contributed by atoms with Crippen molar-refractivity contribution in [2.45, 2.75) is 38.5 Å². The van der Waals surface area contributed by atoms with Gasteiger partial charge in [-0.25, -0.2) is 4.79 Å². The molecule has 1 aromatic rings. The molecule has 0 bridgehead atoms. The maximum atomic E-state index is 13.1. The van der Waals surface area contributed by atoms with Crippen molar-refractivity contribution in [3.63, 3.8) is 0 Å². The first-order chi connectivity index (χ1) is 14.4. The normalized spacial score (nSPS) is 22.5. The lowest BCUT2D eigenvalue weighted by Crippen LogP contribution is -2.49. The van der Waals surface area contributed by atoms with E-state index in [1.165, 1.54) is 8.61 Å². The Morgan fingerprint density at radius 3 is 2.33 bits per heavy atom. The number of morpholine rings is 1. The minimum absolute atomic E-state index is 0.0579. The van der Waals surface area contributed by atoms with Crippen molar-refractivity contribution >= 4 is 16.1 Å². The molecule has 1 amide bonds. The van der Waals surface area contributed by atoms with Crippen molar-refractivity contribution in [2.24, 2.45) is 0 Å². The van der Waals surface area contributed by atoms with Crippen molar-refractivity contribution in [3.8, 4) is 0 Å². The van der Waals surface area contributed by atoms with Gasteiger partial charge in [0, 0.05) is 45.2 Å². The molecule has 1 saturated carbocycles. The van der Waals surface area contributed by atoms with E-state index >= 15 is 0 Å². The fourth-order valence-corrected chi connectivity index (χ4v) is 5.82. The molecule has 3 aliphatic rings. The van der Waals surface area contributed by atoms with Gasteiger partial charge in [-0.05, 0) is 37.8 Å². The van der Waals surface area contributed by atoms with E-state index in [0.29, 0.717) is 57.1 Å². The van der Waals surface area contributed by atoms with Crippen LogP contribution in [0.5, 0.6) is 0 Å². The van der Waals surface area contributed by atoms with E-state index in [9.17, 15) is 18.0 Å². The second kappa shape index (κ2) is 8.78. The van der Waals surface area contributed by atoms with Crippen molar-refractivity contribution in [1.29, 1.82) is 0 Å². The minimum atomic E-state index is -3.58. The van der Waals surface area contributed by atoms with Gasteiger partial charge in [-0.3, -0.25) is 4.79 Å². The predicted octanol–water partition coefficient (Wildman–Crippen LogP) is 0.941. The third-order valence-electron chi connectivity index (χ3n) is 6.25. The molecule has 0 aromatic carbocycles. The molecular weight excluding hydrogens is 410 g/mol. The fourth-order valence-electron chi connectivity index (χ4n) is 4.21. The van der Waals surface area contributed by atoms with E-state index in [-0.39, 0.29) is 30.5 Å². The molecule has 166 valence electrons. The first-order valence-electron chi connectivity index (χ1n) is 10.6. The molecule has 2 saturated heterocycles. The summed E-state index contributed by atoms with van der Waals surface area (Å²) in [5, 5.41) is 0. The summed E-state index contributed by atoms with van der Waals surface area (Å²) in [4.78, 5) is 27.2. The monoisotopic (exact) mass is 439 g/mol. The van der Waals surface area contributed by atoms with Crippen LogP contribution < -0.4 is 5.63 Å². The van der Waals surface area contributed by atoms with Crippen LogP contribution in [-0.2, 0) is 14.9 Å². The second-order valence-electron chi connectivity index (χ2n) is 8.19. The Bertz CT molecular complexity index is 950. The van der Waals surface area contributed by atoms with Crippen LogP contribution in [0, 0.1) is 6.92 Å². The molecule has 3 heterocycles. The maximum absolute atomic E-state index is 13.1. The summed E-state index contributed by atoms with van der Waals surface area (Å²) in [6.07, 6.45) is 3.66. The van der Waals surface area contributed by atoms with Gasteiger partial charge in [0.15, 0.2) is 0 Å². The van der Waals surface area contributed by atoms with Gasteiger partial charge in [-0.15, -0.1) is 0 Å². The standard InChI is InChI=1S/C20H29N3O6S/c1-15-14-17(16-4-2-5-16)29-20(25)18(15)19(24)21-6-3-7-22(9-8-21)30(26,27)23-10-12-28-13-11-23/h14,16H,2-13H2,1H3. The summed E-state index contributed by atoms with van der Waals surface area (Å²) in [5.74, 6) is 0.559. The summed E-state index contributed by atoms with van der Waals surface area (Å²) in [7, 11) is -3.58. The number of carbonyl (C=O) groups is 1. The Hall–Kier alpha value is -1.75. The highest BCUT2D eigenvalue weighted by atomic mass is 32.2. The van der Waals surface area contributed by atoms with Gasteiger partial charge in [0.25, 0.3) is 16.1 Å². The molecule has 4 rings (SSSR count). The Morgan fingerprint density at radius 1 is 1.00 bits per heavy atom. The van der Waals surface area contributed by atoms with E-state index in [0.717, 1.165) is 19.3 Å². The number of carbonyl (C=O) groups excluding carboxylic acids is 1. The predicted molar refractivity (Wildman–Crippen MR) is 110 cm³/mol. The van der Waals surface area contributed by atoms with Crippen LogP contribution in [0.15, 0.2) is 15.3 Å². The first-order valence-corrected chi connectivity index (χ1v) is 12.0. The zero-order valence-corrected chi connectivity index (χ0v) is 18.2. The topological polar surface area (TPSA) is 100 Å². The van der Waals surface area contributed by atoms with Crippen LogP contribution in [0.4, 0.5) is 0 Å². The SMILES string of the molecule is Cc1cc(C2CCC2)oc(=O)c1C(=O)N1CCCN(S(=O)(=O)N2CCOCC2)CC1. The number of hydrogen-bond donors (Lipinski definition) is 0. The van der Waals surface area contributed by atoms with Crippen LogP contribution in [0.25, 0.3) is 0 Å². The van der Waals surface area contributed by atoms with Crippen LogP contribution in [0.1, 0.15) is 53.3 Å². The highest BCUT2D eigenvalue weighted by Gasteiger charge is 2.34. The zero-order valence-electron chi connectivity index (χ0n) is 17.3. The number of ether oxygens (including phenoxy) is 1. The van der Waals surface area contributed by atoms with Crippen molar-refractivity contribution in [1.82, 2.24) is 13.5 Å². The molecule has 2 aliphatic heterocycles. The van der Waals surface area contributed by atoms with Gasteiger partial charge >= 0.3 is 5.63 Å². The number of amides is 1. The van der Waals surface area contributed by atoms with Crippen molar-refractivity contribution in [2.75, 3.05) is 52.5 Å². The molecule has 0 spiro atoms. The summed E-state index contributed by atoms with van der Waals surface area (Å²) in [5.41, 5.74) is 0.0895. The van der Waals surface area contributed by atoms with Crippen molar-refractivity contribution < 1.29 is 22.4 Å². The van der Waals surface area contributed by atoms with Gasteiger partial charge in [0.05, 0.1) is 13.2 Å². The molecule has 0 N–H and O–H groups in total. The van der Waals surface area contributed by atoms with Gasteiger partial charge in [-0.2, -0.15) is 17.0 Å². The Kier molecular flexibility index (Phi) is 6.29. The molecule has 0 radical (unpaired) electrons. The lowest BCUT2D eigenvalue weighted by molar-refractivity contribution is 0.0699. The lowest BCUT2D eigenvalue weighted by atomic mass is 9.83. The molecule has 0 unspecified atom stereocenters. The van der Waals surface area contributed by atoms with E-state index in [4.69, 9.17) is 9.15 Å². The molecule has 0 atom stereocenters. The summed E-state index contributed by atoms with van der Waals surface area (Å²) in [6.45, 7) is 4.42. The molecule has 1 aliphatic carbocycles. The number of rotatable bonds is 4. The number of aryl methyl sites for hydroxylation is 1. The Morgan fingerprint density at radius 2 is 1.70 bits per heavy atom. The highest BCUT2D eigenvalue weighted by molar-refractivity contribution is 7.86. The first kappa shape index (κ1) is 21.5. The van der Waals surface area contributed by atoms with Crippen molar-refractivity contribution in [3.05, 3.63) is 33.4 Å². The minimum Gasteiger partial charge on any atom is -0.427 e. The fraction of sp³-hybridized carbons (Fsp3) is 0.700. The Balaban J connectivity index is 1.47. The van der Waals surface area contributed by atoms with Gasteiger partial charge in [0.1, 0.15) is 11.3 Å². The third kappa shape index (κ3) is 4.18. The summed E-state index contributed by atoms with van der Waals surface area (Å²) < 4.78 is 39.4. The average molecular weight is 440 g/mol. The van der Waals surface area contributed by atoms with Crippen LogP contribution in [-0.4, -0.2) is 80.3 Å². The lowest BCUT2D eigenvalue weighted by Gasteiger charge is -2.31. The smallest absolute Gasteiger partial charge is 0.349 e. The summed E-state index contributed by atoms with van der Waals surface area (Å²) in [6, 6.07) is 1.81. The largest absolute Gasteiger partial charge is 0.427 e. The molecule has 1 aromatic heterocycles. The van der Waals surface area contributed by atoms with E-state index < -0.39 is 15.8 Å². The molecule has 30 heavy (non-hydrogen) atoms. The maximum Gasteiger partial charge on any atom is 0.349 e.